The zero-order valence-corrected chi connectivity index (χ0v) is 9.64. The van der Waals surface area contributed by atoms with Gasteiger partial charge in [-0.15, -0.1) is 0 Å². The lowest BCUT2D eigenvalue weighted by Crippen LogP contribution is -2.21. The number of anilines is 1. The van der Waals surface area contributed by atoms with Crippen LogP contribution in [-0.4, -0.2) is 31.3 Å². The van der Waals surface area contributed by atoms with Crippen LogP contribution in [0.5, 0.6) is 5.75 Å². The first-order valence-corrected chi connectivity index (χ1v) is 5.29. The van der Waals surface area contributed by atoms with Crippen LogP contribution in [0.1, 0.15) is 13.3 Å². The Bertz CT molecular complexity index is 352. The van der Waals surface area contributed by atoms with Crippen molar-refractivity contribution >= 4 is 11.7 Å². The van der Waals surface area contributed by atoms with Gasteiger partial charge < -0.3 is 14.7 Å². The lowest BCUT2D eigenvalue weighted by molar-refractivity contribution is -0.142. The monoisotopic (exact) mass is 223 g/mol. The van der Waals surface area contributed by atoms with Crippen molar-refractivity contribution in [1.82, 2.24) is 0 Å². The Hall–Kier alpha value is -1.71. The Morgan fingerprint density at radius 3 is 2.88 bits per heavy atom. The number of carbonyl (C=O) groups excluding carboxylic acids is 1. The number of carbonyl (C=O) groups is 1. The number of esters is 1. The fourth-order valence-electron chi connectivity index (χ4n) is 1.35. The quantitative estimate of drug-likeness (QED) is 0.773. The Labute approximate surface area is 95.5 Å². The summed E-state index contributed by atoms with van der Waals surface area (Å²) in [7, 11) is 1.87. The van der Waals surface area contributed by atoms with Gasteiger partial charge in [0.2, 0.25) is 0 Å². The van der Waals surface area contributed by atoms with Gasteiger partial charge in [-0.2, -0.15) is 0 Å². The average Bonchev–Trinajstić information content (AvgIpc) is 2.26. The lowest BCUT2D eigenvalue weighted by atomic mass is 10.2. The van der Waals surface area contributed by atoms with Crippen LogP contribution in [0.4, 0.5) is 5.69 Å². The zero-order chi connectivity index (χ0) is 12.0. The maximum absolute atomic E-state index is 11.1. The van der Waals surface area contributed by atoms with E-state index in [4.69, 9.17) is 4.74 Å². The van der Waals surface area contributed by atoms with Crippen LogP contribution in [0.15, 0.2) is 24.3 Å². The van der Waals surface area contributed by atoms with Gasteiger partial charge in [0.15, 0.2) is 0 Å². The fourth-order valence-corrected chi connectivity index (χ4v) is 1.35. The van der Waals surface area contributed by atoms with Gasteiger partial charge in [0.25, 0.3) is 0 Å². The summed E-state index contributed by atoms with van der Waals surface area (Å²) in [6.45, 7) is 2.77. The molecule has 0 saturated carbocycles. The highest BCUT2D eigenvalue weighted by Gasteiger charge is 2.06. The minimum atomic E-state index is -0.200. The van der Waals surface area contributed by atoms with Crippen LogP contribution in [0.25, 0.3) is 0 Å². The van der Waals surface area contributed by atoms with Crippen molar-refractivity contribution in [2.45, 2.75) is 13.3 Å². The molecule has 0 amide bonds. The Morgan fingerprint density at radius 1 is 1.50 bits per heavy atom. The first-order valence-electron chi connectivity index (χ1n) is 5.29. The molecule has 0 spiro atoms. The molecular weight excluding hydrogens is 206 g/mol. The van der Waals surface area contributed by atoms with Crippen molar-refractivity contribution in [3.63, 3.8) is 0 Å². The third-order valence-corrected chi connectivity index (χ3v) is 2.23. The van der Waals surface area contributed by atoms with Crippen LogP contribution in [0, 0.1) is 0 Å². The van der Waals surface area contributed by atoms with Crippen molar-refractivity contribution in [2.75, 3.05) is 25.1 Å². The van der Waals surface area contributed by atoms with E-state index < -0.39 is 0 Å². The number of ether oxygens (including phenoxy) is 1. The number of benzene rings is 1. The van der Waals surface area contributed by atoms with E-state index in [0.717, 1.165) is 5.69 Å². The molecule has 0 saturated heterocycles. The van der Waals surface area contributed by atoms with Crippen molar-refractivity contribution in [3.8, 4) is 5.75 Å². The molecule has 0 unspecified atom stereocenters. The molecule has 0 aliphatic carbocycles. The van der Waals surface area contributed by atoms with Crippen molar-refractivity contribution < 1.29 is 14.6 Å². The van der Waals surface area contributed by atoms with E-state index in [1.54, 1.807) is 25.1 Å². The predicted molar refractivity (Wildman–Crippen MR) is 62.6 cm³/mol. The molecule has 16 heavy (non-hydrogen) atoms. The van der Waals surface area contributed by atoms with E-state index in [9.17, 15) is 9.90 Å². The highest BCUT2D eigenvalue weighted by atomic mass is 16.5. The number of phenolic OH excluding ortho intramolecular Hbond substituents is 1. The molecule has 0 aromatic heterocycles. The smallest absolute Gasteiger partial charge is 0.307 e. The molecule has 0 bridgehead atoms. The highest BCUT2D eigenvalue weighted by molar-refractivity contribution is 5.70. The van der Waals surface area contributed by atoms with Gasteiger partial charge in [0.1, 0.15) is 5.75 Å². The number of aromatic hydroxyl groups is 1. The summed E-state index contributed by atoms with van der Waals surface area (Å²) in [5, 5.41) is 9.31. The van der Waals surface area contributed by atoms with Crippen LogP contribution in [-0.2, 0) is 9.53 Å². The number of hydrogen-bond donors (Lipinski definition) is 1. The summed E-state index contributed by atoms with van der Waals surface area (Å²) in [4.78, 5) is 13.0. The molecule has 1 aromatic rings. The summed E-state index contributed by atoms with van der Waals surface area (Å²) in [5.41, 5.74) is 0.879. The first kappa shape index (κ1) is 12.4. The van der Waals surface area contributed by atoms with Gasteiger partial charge in [-0.05, 0) is 19.1 Å². The largest absolute Gasteiger partial charge is 0.508 e. The maximum Gasteiger partial charge on any atom is 0.307 e. The normalized spacial score (nSPS) is 9.88. The molecule has 1 aromatic carbocycles. The van der Waals surface area contributed by atoms with Crippen molar-refractivity contribution in [2.24, 2.45) is 0 Å². The first-order chi connectivity index (χ1) is 7.63. The molecule has 4 nitrogen and oxygen atoms in total. The summed E-state index contributed by atoms with van der Waals surface area (Å²) in [6, 6.07) is 6.92. The van der Waals surface area contributed by atoms with E-state index in [1.807, 2.05) is 18.0 Å². The molecular formula is C12H17NO3. The zero-order valence-electron chi connectivity index (χ0n) is 9.64. The summed E-state index contributed by atoms with van der Waals surface area (Å²) in [5.74, 6) is 0.0231. The van der Waals surface area contributed by atoms with Gasteiger partial charge in [-0.1, -0.05) is 6.07 Å². The van der Waals surface area contributed by atoms with Gasteiger partial charge in [-0.25, -0.2) is 0 Å². The molecule has 0 heterocycles. The van der Waals surface area contributed by atoms with E-state index in [-0.39, 0.29) is 11.7 Å². The molecule has 1 N–H and O–H groups in total. The molecule has 88 valence electrons. The molecule has 0 radical (unpaired) electrons. The summed E-state index contributed by atoms with van der Waals surface area (Å²) < 4.78 is 4.84. The Kier molecular flexibility index (Phi) is 4.64. The van der Waals surface area contributed by atoms with Crippen molar-refractivity contribution in [1.29, 1.82) is 0 Å². The topological polar surface area (TPSA) is 49.8 Å². The van der Waals surface area contributed by atoms with E-state index in [0.29, 0.717) is 19.6 Å². The fraction of sp³-hybridized carbons (Fsp3) is 0.417. The summed E-state index contributed by atoms with van der Waals surface area (Å²) in [6.07, 6.45) is 0.347. The maximum atomic E-state index is 11.1. The van der Waals surface area contributed by atoms with Gasteiger partial charge in [0, 0.05) is 25.3 Å². The number of phenols is 1. The minimum Gasteiger partial charge on any atom is -0.508 e. The SMILES string of the molecule is CCOC(=O)CCN(C)c1cccc(O)c1. The Balaban J connectivity index is 2.46. The van der Waals surface area contributed by atoms with Crippen LogP contribution >= 0.6 is 0 Å². The standard InChI is InChI=1S/C12H17NO3/c1-3-16-12(15)7-8-13(2)10-5-4-6-11(14)9-10/h4-6,9,14H,3,7-8H2,1-2H3. The van der Waals surface area contributed by atoms with Crippen LogP contribution in [0.2, 0.25) is 0 Å². The number of nitrogens with zero attached hydrogens (tertiary/aromatic N) is 1. The van der Waals surface area contributed by atoms with E-state index >= 15 is 0 Å². The lowest BCUT2D eigenvalue weighted by Gasteiger charge is -2.18. The molecule has 4 heteroatoms. The molecule has 1 rings (SSSR count). The predicted octanol–water partition coefficient (Wildman–Crippen LogP) is 1.78. The molecule has 0 atom stereocenters. The van der Waals surface area contributed by atoms with Crippen molar-refractivity contribution in [3.05, 3.63) is 24.3 Å². The second-order valence-corrected chi connectivity index (χ2v) is 3.50. The summed E-state index contributed by atoms with van der Waals surface area (Å²) >= 11 is 0. The van der Waals surface area contributed by atoms with Gasteiger partial charge in [0.05, 0.1) is 13.0 Å². The van der Waals surface area contributed by atoms with E-state index in [2.05, 4.69) is 0 Å². The second-order valence-electron chi connectivity index (χ2n) is 3.50. The average molecular weight is 223 g/mol. The Morgan fingerprint density at radius 2 is 2.25 bits per heavy atom. The van der Waals surface area contributed by atoms with Crippen LogP contribution < -0.4 is 4.90 Å². The van der Waals surface area contributed by atoms with E-state index in [1.165, 1.54) is 0 Å². The third-order valence-electron chi connectivity index (χ3n) is 2.23. The van der Waals surface area contributed by atoms with Crippen LogP contribution in [0.3, 0.4) is 0 Å². The number of rotatable bonds is 5. The van der Waals surface area contributed by atoms with Gasteiger partial charge >= 0.3 is 5.97 Å². The van der Waals surface area contributed by atoms with Gasteiger partial charge in [-0.3, -0.25) is 4.79 Å². The third kappa shape index (κ3) is 3.81. The highest BCUT2D eigenvalue weighted by Crippen LogP contribution is 2.18. The minimum absolute atomic E-state index is 0.200. The second kappa shape index (κ2) is 6.00. The molecule has 0 aliphatic rings. The number of hydrogen-bond acceptors (Lipinski definition) is 4. The molecule has 0 fully saturated rings. The molecule has 0 aliphatic heterocycles.